The highest BCUT2D eigenvalue weighted by molar-refractivity contribution is 9.10. The van der Waals surface area contributed by atoms with E-state index in [4.69, 9.17) is 17.3 Å². The van der Waals surface area contributed by atoms with Crippen molar-refractivity contribution in [1.82, 2.24) is 0 Å². The number of primary amides is 1. The SMILES string of the molecule is NC(=O)C(Nc1cccc(Cl)c1)c1ccc(F)c(Br)c1. The Morgan fingerprint density at radius 3 is 2.65 bits per heavy atom. The van der Waals surface area contributed by atoms with Gasteiger partial charge in [0.25, 0.3) is 0 Å². The van der Waals surface area contributed by atoms with E-state index in [-0.39, 0.29) is 4.47 Å². The normalized spacial score (nSPS) is 11.9. The summed E-state index contributed by atoms with van der Waals surface area (Å²) in [5.74, 6) is -0.969. The monoisotopic (exact) mass is 356 g/mol. The molecular weight excluding hydrogens is 347 g/mol. The molecule has 104 valence electrons. The van der Waals surface area contributed by atoms with Gasteiger partial charge < -0.3 is 11.1 Å². The van der Waals surface area contributed by atoms with Crippen LogP contribution in [-0.2, 0) is 4.79 Å². The van der Waals surface area contributed by atoms with Gasteiger partial charge in [0.15, 0.2) is 0 Å². The van der Waals surface area contributed by atoms with Crippen molar-refractivity contribution in [1.29, 1.82) is 0 Å². The molecule has 0 saturated carbocycles. The van der Waals surface area contributed by atoms with E-state index >= 15 is 0 Å². The van der Waals surface area contributed by atoms with Gasteiger partial charge in [0.05, 0.1) is 4.47 Å². The van der Waals surface area contributed by atoms with Crippen molar-refractivity contribution in [3.05, 3.63) is 63.3 Å². The molecule has 1 atom stereocenters. The molecule has 0 fully saturated rings. The number of benzene rings is 2. The molecule has 0 aliphatic carbocycles. The maximum Gasteiger partial charge on any atom is 0.244 e. The van der Waals surface area contributed by atoms with Crippen molar-refractivity contribution in [2.24, 2.45) is 5.73 Å². The van der Waals surface area contributed by atoms with Crippen LogP contribution < -0.4 is 11.1 Å². The minimum absolute atomic E-state index is 0.272. The summed E-state index contributed by atoms with van der Waals surface area (Å²) < 4.78 is 13.5. The molecule has 0 heterocycles. The first-order valence-corrected chi connectivity index (χ1v) is 6.91. The van der Waals surface area contributed by atoms with Gasteiger partial charge in [-0.25, -0.2) is 4.39 Å². The lowest BCUT2D eigenvalue weighted by Crippen LogP contribution is -2.27. The third kappa shape index (κ3) is 3.49. The Balaban J connectivity index is 2.32. The van der Waals surface area contributed by atoms with Crippen LogP contribution in [0.25, 0.3) is 0 Å². The van der Waals surface area contributed by atoms with Crippen LogP contribution >= 0.6 is 27.5 Å². The molecule has 3 N–H and O–H groups in total. The Kier molecular flexibility index (Phi) is 4.62. The molecule has 3 nitrogen and oxygen atoms in total. The molecule has 0 aliphatic heterocycles. The van der Waals surface area contributed by atoms with E-state index in [1.54, 1.807) is 24.3 Å². The van der Waals surface area contributed by atoms with Crippen molar-refractivity contribution < 1.29 is 9.18 Å². The maximum absolute atomic E-state index is 13.2. The Hall–Kier alpha value is -1.59. The number of nitrogens with one attached hydrogen (secondary N) is 1. The minimum atomic E-state index is -0.773. The highest BCUT2D eigenvalue weighted by Crippen LogP contribution is 2.25. The van der Waals surface area contributed by atoms with Crippen molar-refractivity contribution in [2.45, 2.75) is 6.04 Å². The van der Waals surface area contributed by atoms with Gasteiger partial charge in [-0.2, -0.15) is 0 Å². The predicted molar refractivity (Wildman–Crippen MR) is 81.1 cm³/mol. The zero-order valence-electron chi connectivity index (χ0n) is 10.2. The summed E-state index contributed by atoms with van der Waals surface area (Å²) in [6.07, 6.45) is 0. The summed E-state index contributed by atoms with van der Waals surface area (Å²) in [4.78, 5) is 11.6. The van der Waals surface area contributed by atoms with Gasteiger partial charge in [0, 0.05) is 10.7 Å². The average Bonchev–Trinajstić information content (AvgIpc) is 2.39. The molecule has 0 spiro atoms. The number of halogens is 3. The lowest BCUT2D eigenvalue weighted by Gasteiger charge is -2.17. The summed E-state index contributed by atoms with van der Waals surface area (Å²) in [6.45, 7) is 0. The first-order valence-electron chi connectivity index (χ1n) is 5.74. The highest BCUT2D eigenvalue weighted by Gasteiger charge is 2.18. The molecule has 1 unspecified atom stereocenters. The lowest BCUT2D eigenvalue weighted by molar-refractivity contribution is -0.118. The molecule has 2 rings (SSSR count). The van der Waals surface area contributed by atoms with Gasteiger partial charge in [-0.3, -0.25) is 4.79 Å². The molecule has 0 radical (unpaired) electrons. The molecule has 0 aliphatic rings. The first kappa shape index (κ1) is 14.8. The number of nitrogens with two attached hydrogens (primary N) is 1. The van der Waals surface area contributed by atoms with Crippen LogP contribution in [0.4, 0.5) is 10.1 Å². The van der Waals surface area contributed by atoms with Crippen molar-refractivity contribution in [3.63, 3.8) is 0 Å². The van der Waals surface area contributed by atoms with Crippen LogP contribution in [0.3, 0.4) is 0 Å². The van der Waals surface area contributed by atoms with E-state index in [1.165, 1.54) is 18.2 Å². The predicted octanol–water partition coefficient (Wildman–Crippen LogP) is 3.88. The van der Waals surface area contributed by atoms with Crippen LogP contribution in [0.5, 0.6) is 0 Å². The lowest BCUT2D eigenvalue weighted by atomic mass is 10.1. The van der Waals surface area contributed by atoms with E-state index in [1.807, 2.05) is 0 Å². The van der Waals surface area contributed by atoms with Gasteiger partial charge in [-0.1, -0.05) is 23.7 Å². The summed E-state index contributed by atoms with van der Waals surface area (Å²) in [5, 5.41) is 3.52. The fourth-order valence-corrected chi connectivity index (χ4v) is 2.34. The van der Waals surface area contributed by atoms with Gasteiger partial charge in [-0.15, -0.1) is 0 Å². The topological polar surface area (TPSA) is 55.1 Å². The molecular formula is C14H11BrClFN2O. The second-order valence-electron chi connectivity index (χ2n) is 4.16. The van der Waals surface area contributed by atoms with Gasteiger partial charge in [-0.05, 0) is 51.8 Å². The van der Waals surface area contributed by atoms with Gasteiger partial charge in [0.2, 0.25) is 5.91 Å². The smallest absolute Gasteiger partial charge is 0.244 e. The Labute approximate surface area is 129 Å². The number of hydrogen-bond acceptors (Lipinski definition) is 2. The average molecular weight is 358 g/mol. The van der Waals surface area contributed by atoms with Crippen LogP contribution in [0.2, 0.25) is 5.02 Å². The van der Waals surface area contributed by atoms with Crippen LogP contribution in [-0.4, -0.2) is 5.91 Å². The molecule has 20 heavy (non-hydrogen) atoms. The molecule has 6 heteroatoms. The summed E-state index contributed by atoms with van der Waals surface area (Å²) in [7, 11) is 0. The number of amides is 1. The zero-order chi connectivity index (χ0) is 14.7. The number of rotatable bonds is 4. The third-order valence-electron chi connectivity index (χ3n) is 2.70. The second-order valence-corrected chi connectivity index (χ2v) is 5.45. The van der Waals surface area contributed by atoms with Crippen molar-refractivity contribution in [2.75, 3.05) is 5.32 Å². The Bertz CT molecular complexity index is 651. The van der Waals surface area contributed by atoms with Crippen LogP contribution in [0.15, 0.2) is 46.9 Å². The third-order valence-corrected chi connectivity index (χ3v) is 3.54. The van der Waals surface area contributed by atoms with Gasteiger partial charge >= 0.3 is 0 Å². The first-order chi connectivity index (χ1) is 9.47. The number of anilines is 1. The number of carbonyl (C=O) groups is 1. The fraction of sp³-hybridized carbons (Fsp3) is 0.0714. The van der Waals surface area contributed by atoms with E-state index < -0.39 is 17.8 Å². The largest absolute Gasteiger partial charge is 0.370 e. The molecule has 0 bridgehead atoms. The fourth-order valence-electron chi connectivity index (χ4n) is 1.76. The van der Waals surface area contributed by atoms with Gasteiger partial charge in [0.1, 0.15) is 11.9 Å². The maximum atomic E-state index is 13.2. The quantitative estimate of drug-likeness (QED) is 0.872. The van der Waals surface area contributed by atoms with Crippen LogP contribution in [0.1, 0.15) is 11.6 Å². The van der Waals surface area contributed by atoms with E-state index in [0.717, 1.165) is 0 Å². The van der Waals surface area contributed by atoms with E-state index in [9.17, 15) is 9.18 Å². The molecule has 2 aromatic carbocycles. The Morgan fingerprint density at radius 1 is 1.30 bits per heavy atom. The standard InChI is InChI=1S/C14H11BrClFN2O/c15-11-6-8(4-5-12(11)17)13(14(18)20)19-10-3-1-2-9(16)7-10/h1-7,13,19H,(H2,18,20). The number of carbonyl (C=O) groups excluding carboxylic acids is 1. The molecule has 2 aromatic rings. The summed E-state index contributed by atoms with van der Waals surface area (Å²) in [6, 6.07) is 10.4. The molecule has 1 amide bonds. The minimum Gasteiger partial charge on any atom is -0.370 e. The van der Waals surface area contributed by atoms with Crippen molar-refractivity contribution >= 4 is 39.1 Å². The molecule has 0 aromatic heterocycles. The van der Waals surface area contributed by atoms with Crippen LogP contribution in [0, 0.1) is 5.82 Å². The second kappa shape index (κ2) is 6.24. The zero-order valence-corrected chi connectivity index (χ0v) is 12.6. The van der Waals surface area contributed by atoms with E-state index in [0.29, 0.717) is 16.3 Å². The Morgan fingerprint density at radius 2 is 2.05 bits per heavy atom. The highest BCUT2D eigenvalue weighted by atomic mass is 79.9. The number of hydrogen-bond donors (Lipinski definition) is 2. The van der Waals surface area contributed by atoms with Crippen molar-refractivity contribution in [3.8, 4) is 0 Å². The molecule has 0 saturated heterocycles. The summed E-state index contributed by atoms with van der Waals surface area (Å²) in [5.41, 5.74) is 6.61. The summed E-state index contributed by atoms with van der Waals surface area (Å²) >= 11 is 8.97. The van der Waals surface area contributed by atoms with E-state index in [2.05, 4.69) is 21.2 Å².